The van der Waals surface area contributed by atoms with Crippen molar-refractivity contribution in [3.05, 3.63) is 67.9 Å². The number of carbonyl (C=O) groups is 2. The Morgan fingerprint density at radius 1 is 0.270 bits per heavy atom. The molecule has 1 aromatic heterocycles. The van der Waals surface area contributed by atoms with Crippen LogP contribution in [0.15, 0.2) is 50.8 Å². The summed E-state index contributed by atoms with van der Waals surface area (Å²) in [7, 11) is 0. The van der Waals surface area contributed by atoms with Gasteiger partial charge in [0.15, 0.2) is 0 Å². The summed E-state index contributed by atoms with van der Waals surface area (Å²) in [5.74, 6) is -80.8. The second kappa shape index (κ2) is 30.8. The van der Waals surface area contributed by atoms with E-state index in [9.17, 15) is 186 Å². The summed E-state index contributed by atoms with van der Waals surface area (Å²) in [5, 5.41) is 0. The number of esters is 2. The predicted octanol–water partition coefficient (Wildman–Crippen LogP) is 16.0. The summed E-state index contributed by atoms with van der Waals surface area (Å²) in [6, 6.07) is 0. The van der Waals surface area contributed by atoms with Crippen LogP contribution in [0.1, 0.15) is 20.8 Å². The van der Waals surface area contributed by atoms with Crippen LogP contribution >= 0.6 is 0 Å². The monoisotopic (exact) mass is 1840 g/mol. The van der Waals surface area contributed by atoms with Crippen molar-refractivity contribution in [2.24, 2.45) is 0 Å². The lowest BCUT2D eigenvalue weighted by Crippen LogP contribution is -2.74. The Morgan fingerprint density at radius 3 is 0.609 bits per heavy atom. The molecule has 0 saturated carbocycles. The average molecular weight is 1840 g/mol. The van der Waals surface area contributed by atoms with E-state index in [4.69, 9.17) is 0 Å². The Labute approximate surface area is 590 Å². The van der Waals surface area contributed by atoms with E-state index in [1.165, 1.54) is 0 Å². The third-order valence-corrected chi connectivity index (χ3v) is 12.7. The molecule has 0 spiro atoms. The van der Waals surface area contributed by atoms with E-state index < -0.39 is 256 Å². The molecule has 1 aromatic rings. The molecule has 0 aliphatic carbocycles. The van der Waals surface area contributed by atoms with Crippen molar-refractivity contribution < 1.29 is 285 Å². The smallest absolute Gasteiger partial charge is 0.458 e. The molecule has 674 valence electrons. The molecule has 0 amide bonds. The molecule has 18 nitrogen and oxygen atoms in total. The normalized spacial score (nSPS) is 19.4. The van der Waals surface area contributed by atoms with Crippen molar-refractivity contribution >= 4 is 11.9 Å². The first-order valence-electron chi connectivity index (χ1n) is 26.3. The van der Waals surface area contributed by atoms with Gasteiger partial charge in [0.25, 0.3) is 5.67 Å². The number of alkyl halides is 52. The second-order valence-electron chi connectivity index (χ2n) is 21.4. The van der Waals surface area contributed by atoms with Gasteiger partial charge in [-0.3, -0.25) is 37.9 Å². The van der Waals surface area contributed by atoms with E-state index in [0.29, 0.717) is 23.7 Å². The lowest BCUT2D eigenvalue weighted by atomic mass is 10.1. The topological polar surface area (TPSA) is 192 Å². The fourth-order valence-electron chi connectivity index (χ4n) is 6.64. The van der Waals surface area contributed by atoms with Crippen LogP contribution in [0.4, 0.5) is 228 Å². The maximum Gasteiger partial charge on any atom is 0.458 e. The van der Waals surface area contributed by atoms with Gasteiger partial charge in [-0.05, 0) is 20.8 Å². The molecule has 115 heavy (non-hydrogen) atoms. The van der Waals surface area contributed by atoms with Crippen LogP contribution in [0.3, 0.4) is 0 Å². The Morgan fingerprint density at radius 2 is 0.443 bits per heavy atom. The summed E-state index contributed by atoms with van der Waals surface area (Å²) in [5.41, 5.74) is -19.7. The number of ether oxygens (including phenoxy) is 10. The molecule has 70 heteroatoms. The highest BCUT2D eigenvalue weighted by molar-refractivity contribution is 5.87. The number of aromatic nitrogens is 3. The van der Waals surface area contributed by atoms with Crippen LogP contribution in [0.2, 0.25) is 0 Å². The third-order valence-electron chi connectivity index (χ3n) is 12.7. The standard InChI is InChI=1S/C45H25F52N3O15/c1-12(2)15(101)106-9-7-98-17(103)99(8-10-107-16(102)13(3)4)19(105)100(18(98)104)11-14(5)21(47,30(58,59)60)108-39(84,85)22(48,31(61,62)63)110-41(88,89)24(50,33(67,68)69)112-43(92,93)26(52,35(73,74)75)114-45(96,97)28(54,37(79,80)81)115-44(94,95)27(53,36(76,77)78)113-42(90,91)25(51,34(70,71)72)111-40(86,87)23(49,32(64,65)66)109-38(82,83)20(6,46)29(55,56)57/h1,3,5,7-11H2,2,4,6H3. The first-order valence-corrected chi connectivity index (χ1v) is 26.3. The van der Waals surface area contributed by atoms with Crippen molar-refractivity contribution in [2.75, 3.05) is 13.2 Å². The molecule has 1 heterocycles. The summed E-state index contributed by atoms with van der Waals surface area (Å²) in [6.07, 6.45) is -161. The van der Waals surface area contributed by atoms with E-state index in [-0.39, 0.29) is 0 Å². The summed E-state index contributed by atoms with van der Waals surface area (Å²) < 4.78 is 761. The van der Waals surface area contributed by atoms with Crippen LogP contribution < -0.4 is 17.1 Å². The molecule has 9 unspecified atom stereocenters. The van der Waals surface area contributed by atoms with Crippen molar-refractivity contribution in [3.63, 3.8) is 0 Å². The molecule has 0 aromatic carbocycles. The zero-order chi connectivity index (χ0) is 93.0. The van der Waals surface area contributed by atoms with Crippen LogP contribution in [-0.2, 0) is 76.6 Å². The zero-order valence-electron chi connectivity index (χ0n) is 52.8. The number of rotatable bonds is 35. The number of halogens is 52. The van der Waals surface area contributed by atoms with Gasteiger partial charge in [0.05, 0.1) is 19.6 Å². The fraction of sp³-hybridized carbons (Fsp3) is 0.756. The summed E-state index contributed by atoms with van der Waals surface area (Å²) in [6.45, 7) is -1.82. The van der Waals surface area contributed by atoms with Crippen LogP contribution in [0.25, 0.3) is 0 Å². The number of carbonyl (C=O) groups excluding carboxylic acids is 2. The van der Waals surface area contributed by atoms with Gasteiger partial charge >= 0.3 is 180 Å². The third kappa shape index (κ3) is 19.0. The highest BCUT2D eigenvalue weighted by atomic mass is 19.5. The van der Waals surface area contributed by atoms with Gasteiger partial charge in [0.1, 0.15) is 13.2 Å². The molecular weight excluding hydrogens is 1810 g/mol. The van der Waals surface area contributed by atoms with Crippen LogP contribution in [-0.4, -0.2) is 196 Å². The van der Waals surface area contributed by atoms with E-state index in [1.54, 1.807) is 6.58 Å². The first-order chi connectivity index (χ1) is 49.6. The van der Waals surface area contributed by atoms with Crippen molar-refractivity contribution in [2.45, 2.75) is 197 Å². The summed E-state index contributed by atoms with van der Waals surface area (Å²) >= 11 is 0. The Kier molecular flexibility index (Phi) is 28.3. The van der Waals surface area contributed by atoms with Crippen LogP contribution in [0, 0.1) is 0 Å². The minimum Gasteiger partial charge on any atom is -0.460 e. The van der Waals surface area contributed by atoms with Gasteiger partial charge in [0.2, 0.25) is 0 Å². The molecule has 0 aliphatic heterocycles. The Balaban J connectivity index is 4.53. The van der Waals surface area contributed by atoms with Crippen molar-refractivity contribution in [3.8, 4) is 0 Å². The minimum absolute atomic E-state index is 0.472. The SMILES string of the molecule is C=C(C)C(=O)OCCn1c(=O)n(CCOC(=O)C(=C)C)c(=O)n(CC(=C)C(F)(OC(F)(F)C(F)(OC(F)(F)C(F)(OC(F)(F)C(F)(OC(F)(F)C(F)(OC(F)(F)C(F)(OC(F)(F)C(F)(OC(F)(F)C(F)(OC(F)(F)C(C)(F)C(F)(F)F)C(F)(F)F)C(F)(F)F)C(F)(F)F)C(F)(F)F)C(F)(F)F)C(F)(F)F)C(F)(F)F)C(F)(F)F)c1=O. The quantitative estimate of drug-likeness (QED) is 0.0269. The molecule has 0 bridgehead atoms. The Bertz CT molecular complexity index is 3840. The Hall–Kier alpha value is -7.39. The van der Waals surface area contributed by atoms with Gasteiger partial charge in [-0.2, -0.15) is 224 Å². The summed E-state index contributed by atoms with van der Waals surface area (Å²) in [4.78, 5) is 63.2. The zero-order valence-corrected chi connectivity index (χ0v) is 52.8. The first kappa shape index (κ1) is 106. The van der Waals surface area contributed by atoms with E-state index in [1.807, 2.05) is 4.74 Å². The number of hydrogen-bond acceptors (Lipinski definition) is 15. The predicted molar refractivity (Wildman–Crippen MR) is 243 cm³/mol. The number of nitrogens with zero attached hydrogens (tertiary/aromatic N) is 3. The molecular formula is C45H25F52N3O15. The average Bonchev–Trinajstić information content (AvgIpc) is 0.707. The van der Waals surface area contributed by atoms with E-state index >= 15 is 65.9 Å². The fourth-order valence-corrected chi connectivity index (χ4v) is 6.64. The molecule has 0 aliphatic rings. The molecule has 9 atom stereocenters. The van der Waals surface area contributed by atoms with Gasteiger partial charge in [0, 0.05) is 16.7 Å². The number of hydrogen-bond donors (Lipinski definition) is 0. The van der Waals surface area contributed by atoms with Crippen molar-refractivity contribution in [1.29, 1.82) is 0 Å². The molecule has 1 rings (SSSR count). The van der Waals surface area contributed by atoms with E-state index in [2.05, 4.69) is 22.6 Å². The lowest BCUT2D eigenvalue weighted by molar-refractivity contribution is -0.610. The molecule has 0 radical (unpaired) electrons. The van der Waals surface area contributed by atoms with Gasteiger partial charge in [-0.25, -0.2) is 42.1 Å². The lowest BCUT2D eigenvalue weighted by Gasteiger charge is -2.45. The molecule has 0 N–H and O–H groups in total. The van der Waals surface area contributed by atoms with Crippen LogP contribution in [0.5, 0.6) is 0 Å². The maximum atomic E-state index is 16.1. The maximum absolute atomic E-state index is 16.1. The highest BCUT2D eigenvalue weighted by Gasteiger charge is 2.94. The molecule has 0 saturated heterocycles. The highest BCUT2D eigenvalue weighted by Crippen LogP contribution is 2.66. The largest absolute Gasteiger partial charge is 0.460 e. The minimum atomic E-state index is -10.4. The van der Waals surface area contributed by atoms with Gasteiger partial charge < -0.3 is 9.47 Å². The van der Waals surface area contributed by atoms with Gasteiger partial charge in [-0.1, -0.05) is 19.7 Å². The van der Waals surface area contributed by atoms with Crippen molar-refractivity contribution in [1.82, 2.24) is 13.7 Å². The van der Waals surface area contributed by atoms with Gasteiger partial charge in [-0.15, -0.1) is 0 Å². The van der Waals surface area contributed by atoms with E-state index in [0.717, 1.165) is 23.3 Å². The second-order valence-corrected chi connectivity index (χ2v) is 21.4. The molecule has 0 fully saturated rings.